The maximum absolute atomic E-state index is 11.7. The van der Waals surface area contributed by atoms with Crippen LogP contribution in [0.15, 0.2) is 0 Å². The lowest BCUT2D eigenvalue weighted by Crippen LogP contribution is -2.51. The van der Waals surface area contributed by atoms with Gasteiger partial charge >= 0.3 is 0 Å². The fourth-order valence-corrected chi connectivity index (χ4v) is 1.84. The number of nitrogens with zero attached hydrogens (tertiary/aromatic N) is 1. The molecule has 2 rings (SSSR count). The van der Waals surface area contributed by atoms with Gasteiger partial charge in [0.1, 0.15) is 0 Å². The van der Waals surface area contributed by atoms with Gasteiger partial charge in [-0.15, -0.1) is 12.4 Å². The van der Waals surface area contributed by atoms with Gasteiger partial charge in [-0.25, -0.2) is 0 Å². The molecule has 0 radical (unpaired) electrons. The largest absolute Gasteiger partial charge is 0.380 e. The van der Waals surface area contributed by atoms with Crippen LogP contribution < -0.4 is 5.32 Å². The molecule has 0 aromatic rings. The van der Waals surface area contributed by atoms with E-state index in [1.54, 1.807) is 7.11 Å². The van der Waals surface area contributed by atoms with E-state index in [0.717, 1.165) is 32.6 Å². The van der Waals surface area contributed by atoms with Crippen LogP contribution in [-0.2, 0) is 9.53 Å². The fraction of sp³-hybridized carbons (Fsp3) is 0.889. The molecule has 0 aromatic carbocycles. The third kappa shape index (κ3) is 2.19. The number of carbonyl (C=O) groups excluding carboxylic acids is 1. The number of amides is 1. The first-order valence-electron chi connectivity index (χ1n) is 4.83. The maximum atomic E-state index is 11.7. The van der Waals surface area contributed by atoms with Crippen LogP contribution in [-0.4, -0.2) is 50.2 Å². The highest BCUT2D eigenvalue weighted by molar-refractivity contribution is 5.85. The Balaban J connectivity index is 0.000000980. The quantitative estimate of drug-likeness (QED) is 0.705. The first kappa shape index (κ1) is 11.8. The average molecular weight is 221 g/mol. The predicted octanol–water partition coefficient (Wildman–Crippen LogP) is -0.125. The van der Waals surface area contributed by atoms with Gasteiger partial charge in [0.15, 0.2) is 0 Å². The second-order valence-electron chi connectivity index (χ2n) is 3.79. The van der Waals surface area contributed by atoms with Crippen molar-refractivity contribution in [2.45, 2.75) is 12.5 Å². The number of halogens is 1. The molecule has 2 aliphatic heterocycles. The molecule has 82 valence electrons. The molecule has 2 saturated heterocycles. The van der Waals surface area contributed by atoms with Crippen LogP contribution in [0.1, 0.15) is 6.42 Å². The Bertz CT molecular complexity index is 209. The summed E-state index contributed by atoms with van der Waals surface area (Å²) in [5.74, 6) is 0.536. The summed E-state index contributed by atoms with van der Waals surface area (Å²) < 4.78 is 5.21. The Morgan fingerprint density at radius 3 is 2.64 bits per heavy atom. The van der Waals surface area contributed by atoms with Gasteiger partial charge in [0, 0.05) is 33.3 Å². The zero-order chi connectivity index (χ0) is 9.26. The molecule has 2 heterocycles. The standard InChI is InChI=1S/C9H16N2O2.ClH/c1-13-8-2-3-11(6-8)9(12)7-4-10-5-7;/h7-8,10H,2-6H2,1H3;1H/t8-;/m0./s1. The smallest absolute Gasteiger partial charge is 0.228 e. The van der Waals surface area contributed by atoms with E-state index in [9.17, 15) is 4.79 Å². The molecule has 0 bridgehead atoms. The average Bonchev–Trinajstić information content (AvgIpc) is 2.48. The van der Waals surface area contributed by atoms with Gasteiger partial charge in [0.2, 0.25) is 5.91 Å². The predicted molar refractivity (Wildman–Crippen MR) is 55.6 cm³/mol. The van der Waals surface area contributed by atoms with Crippen LogP contribution in [0, 0.1) is 5.92 Å². The van der Waals surface area contributed by atoms with Crippen molar-refractivity contribution in [3.8, 4) is 0 Å². The highest BCUT2D eigenvalue weighted by Crippen LogP contribution is 2.16. The van der Waals surface area contributed by atoms with Gasteiger partial charge in [-0.05, 0) is 6.42 Å². The first-order chi connectivity index (χ1) is 6.31. The Labute approximate surface area is 90.4 Å². The number of ether oxygens (including phenoxy) is 1. The van der Waals surface area contributed by atoms with Crippen molar-refractivity contribution in [1.29, 1.82) is 0 Å². The lowest BCUT2D eigenvalue weighted by atomic mass is 10.0. The van der Waals surface area contributed by atoms with Crippen LogP contribution >= 0.6 is 12.4 Å². The Kier molecular flexibility index (Phi) is 4.16. The highest BCUT2D eigenvalue weighted by atomic mass is 35.5. The topological polar surface area (TPSA) is 41.6 Å². The molecule has 2 aliphatic rings. The number of carbonyl (C=O) groups is 1. The van der Waals surface area contributed by atoms with Crippen molar-refractivity contribution >= 4 is 18.3 Å². The van der Waals surface area contributed by atoms with E-state index in [4.69, 9.17) is 4.74 Å². The van der Waals surface area contributed by atoms with Crippen molar-refractivity contribution in [3.05, 3.63) is 0 Å². The number of methoxy groups -OCH3 is 1. The number of rotatable bonds is 2. The molecule has 2 fully saturated rings. The van der Waals surface area contributed by atoms with Crippen LogP contribution in [0.5, 0.6) is 0 Å². The zero-order valence-corrected chi connectivity index (χ0v) is 9.18. The number of hydrogen-bond acceptors (Lipinski definition) is 3. The monoisotopic (exact) mass is 220 g/mol. The minimum absolute atomic E-state index is 0. The second-order valence-corrected chi connectivity index (χ2v) is 3.79. The summed E-state index contributed by atoms with van der Waals surface area (Å²) in [5, 5.41) is 3.11. The zero-order valence-electron chi connectivity index (χ0n) is 8.36. The lowest BCUT2D eigenvalue weighted by Gasteiger charge is -2.30. The van der Waals surface area contributed by atoms with Gasteiger partial charge in [0.05, 0.1) is 12.0 Å². The minimum atomic E-state index is 0. The molecular weight excluding hydrogens is 204 g/mol. The minimum Gasteiger partial charge on any atom is -0.380 e. The molecule has 0 saturated carbocycles. The number of likely N-dealkylation sites (tertiary alicyclic amines) is 1. The Morgan fingerprint density at radius 2 is 2.21 bits per heavy atom. The fourth-order valence-electron chi connectivity index (χ4n) is 1.84. The summed E-state index contributed by atoms with van der Waals surface area (Å²) in [6.07, 6.45) is 1.25. The third-order valence-electron chi connectivity index (χ3n) is 2.92. The van der Waals surface area contributed by atoms with E-state index >= 15 is 0 Å². The summed E-state index contributed by atoms with van der Waals surface area (Å²) in [6, 6.07) is 0. The van der Waals surface area contributed by atoms with E-state index in [-0.39, 0.29) is 24.4 Å². The van der Waals surface area contributed by atoms with Crippen LogP contribution in [0.25, 0.3) is 0 Å². The SMILES string of the molecule is CO[C@H]1CCN(C(=O)C2CNC2)C1.Cl. The summed E-state index contributed by atoms with van der Waals surface area (Å²) >= 11 is 0. The molecular formula is C9H17ClN2O2. The van der Waals surface area contributed by atoms with E-state index in [0.29, 0.717) is 5.91 Å². The van der Waals surface area contributed by atoms with E-state index in [1.165, 1.54) is 0 Å². The van der Waals surface area contributed by atoms with Gasteiger partial charge < -0.3 is 15.0 Å². The second kappa shape index (κ2) is 4.96. The van der Waals surface area contributed by atoms with E-state index in [2.05, 4.69) is 5.32 Å². The van der Waals surface area contributed by atoms with Crippen LogP contribution in [0.3, 0.4) is 0 Å². The molecule has 0 aliphatic carbocycles. The normalized spacial score (nSPS) is 26.9. The maximum Gasteiger partial charge on any atom is 0.228 e. The number of nitrogens with one attached hydrogen (secondary N) is 1. The lowest BCUT2D eigenvalue weighted by molar-refractivity contribution is -0.136. The van der Waals surface area contributed by atoms with Crippen LogP contribution in [0.4, 0.5) is 0 Å². The molecule has 1 atom stereocenters. The summed E-state index contributed by atoms with van der Waals surface area (Å²) in [5.41, 5.74) is 0. The van der Waals surface area contributed by atoms with Crippen molar-refractivity contribution in [2.24, 2.45) is 5.92 Å². The summed E-state index contributed by atoms with van der Waals surface area (Å²) in [6.45, 7) is 3.36. The van der Waals surface area contributed by atoms with E-state index in [1.807, 2.05) is 4.90 Å². The summed E-state index contributed by atoms with van der Waals surface area (Å²) in [7, 11) is 1.71. The summed E-state index contributed by atoms with van der Waals surface area (Å²) in [4.78, 5) is 13.6. The Morgan fingerprint density at radius 1 is 1.50 bits per heavy atom. The van der Waals surface area contributed by atoms with Crippen molar-refractivity contribution in [1.82, 2.24) is 10.2 Å². The molecule has 1 amide bonds. The van der Waals surface area contributed by atoms with Crippen molar-refractivity contribution in [3.63, 3.8) is 0 Å². The first-order valence-corrected chi connectivity index (χ1v) is 4.83. The molecule has 0 spiro atoms. The van der Waals surface area contributed by atoms with Gasteiger partial charge in [0.25, 0.3) is 0 Å². The van der Waals surface area contributed by atoms with Crippen LogP contribution in [0.2, 0.25) is 0 Å². The van der Waals surface area contributed by atoms with Gasteiger partial charge in [-0.1, -0.05) is 0 Å². The van der Waals surface area contributed by atoms with E-state index < -0.39 is 0 Å². The number of hydrogen-bond donors (Lipinski definition) is 1. The molecule has 0 aromatic heterocycles. The molecule has 1 N–H and O–H groups in total. The highest BCUT2D eigenvalue weighted by Gasteiger charge is 2.33. The van der Waals surface area contributed by atoms with Crippen molar-refractivity contribution in [2.75, 3.05) is 33.3 Å². The molecule has 0 unspecified atom stereocenters. The molecule has 5 heteroatoms. The van der Waals surface area contributed by atoms with Crippen molar-refractivity contribution < 1.29 is 9.53 Å². The Hall–Kier alpha value is -0.320. The van der Waals surface area contributed by atoms with Gasteiger partial charge in [-0.3, -0.25) is 4.79 Å². The molecule has 4 nitrogen and oxygen atoms in total. The molecule has 14 heavy (non-hydrogen) atoms. The van der Waals surface area contributed by atoms with Gasteiger partial charge in [-0.2, -0.15) is 0 Å². The third-order valence-corrected chi connectivity index (χ3v) is 2.92.